The second kappa shape index (κ2) is 3.86. The maximum atomic E-state index is 11.0. The van der Waals surface area contributed by atoms with E-state index in [4.69, 9.17) is 0 Å². The van der Waals surface area contributed by atoms with Crippen LogP contribution < -0.4 is 0 Å². The third-order valence-corrected chi connectivity index (χ3v) is 2.33. The van der Waals surface area contributed by atoms with Crippen molar-refractivity contribution < 1.29 is 4.79 Å². The molecule has 1 fully saturated rings. The van der Waals surface area contributed by atoms with Gasteiger partial charge in [-0.25, -0.2) is 0 Å². The van der Waals surface area contributed by atoms with Crippen LogP contribution in [0.2, 0.25) is 0 Å². The largest absolute Gasteiger partial charge is 0.342 e. The number of hydrogen-bond acceptors (Lipinski definition) is 2. The first-order valence-electron chi connectivity index (χ1n) is 3.61. The van der Waals surface area contributed by atoms with Crippen molar-refractivity contribution in [3.8, 4) is 0 Å². The van der Waals surface area contributed by atoms with E-state index in [2.05, 4.69) is 6.26 Å². The van der Waals surface area contributed by atoms with Gasteiger partial charge in [0.15, 0.2) is 0 Å². The van der Waals surface area contributed by atoms with Crippen molar-refractivity contribution in [2.45, 2.75) is 12.8 Å². The molecular formula is C7H13NOS. The van der Waals surface area contributed by atoms with Crippen molar-refractivity contribution in [2.24, 2.45) is 0 Å². The molecule has 1 aliphatic heterocycles. The summed E-state index contributed by atoms with van der Waals surface area (Å²) in [6, 6.07) is 0. The number of nitrogens with zero attached hydrogens (tertiary/aromatic N) is 1. The lowest BCUT2D eigenvalue weighted by molar-refractivity contribution is -0.127. The molecule has 10 heavy (non-hydrogen) atoms. The third kappa shape index (κ3) is 1.90. The zero-order valence-corrected chi connectivity index (χ0v) is 7.12. The van der Waals surface area contributed by atoms with Gasteiger partial charge in [-0.3, -0.25) is 4.79 Å². The molecule has 0 radical (unpaired) electrons. The molecule has 0 saturated carbocycles. The molecule has 58 valence electrons. The summed E-state index contributed by atoms with van der Waals surface area (Å²) in [5.74, 6) is 1.42. The van der Waals surface area contributed by atoms with Crippen molar-refractivity contribution in [1.82, 2.24) is 4.90 Å². The van der Waals surface area contributed by atoms with Gasteiger partial charge in [0.05, 0.1) is 0 Å². The predicted molar refractivity (Wildman–Crippen MR) is 44.2 cm³/mol. The van der Waals surface area contributed by atoms with Crippen molar-refractivity contribution in [3.63, 3.8) is 0 Å². The summed E-state index contributed by atoms with van der Waals surface area (Å²) in [5, 5.41) is 0. The van der Waals surface area contributed by atoms with Crippen LogP contribution in [0, 0.1) is 0 Å². The molecule has 1 rings (SSSR count). The molecule has 1 saturated heterocycles. The normalized spacial score (nSPS) is 18.5. The molecule has 1 amide bonds. The Hall–Kier alpha value is -0.180. The fourth-order valence-electron chi connectivity index (χ4n) is 1.14. The summed E-state index contributed by atoms with van der Waals surface area (Å²) < 4.78 is 0. The van der Waals surface area contributed by atoms with E-state index in [1.807, 2.05) is 4.90 Å². The topological polar surface area (TPSA) is 20.3 Å². The van der Waals surface area contributed by atoms with Crippen LogP contribution in [-0.4, -0.2) is 35.9 Å². The number of rotatable bonds is 3. The van der Waals surface area contributed by atoms with Gasteiger partial charge in [0.1, 0.15) is 0 Å². The van der Waals surface area contributed by atoms with Crippen molar-refractivity contribution in [3.05, 3.63) is 0 Å². The molecule has 1 aliphatic rings. The van der Waals surface area contributed by atoms with Crippen LogP contribution in [0.25, 0.3) is 0 Å². The lowest BCUT2D eigenvalue weighted by Gasteiger charge is -2.13. The summed E-state index contributed by atoms with van der Waals surface area (Å²) >= 11 is 1.80. The Balaban J connectivity index is 2.20. The number of hydrogen-bond donors (Lipinski definition) is 0. The first-order chi connectivity index (χ1) is 4.84. The van der Waals surface area contributed by atoms with E-state index in [1.54, 1.807) is 11.8 Å². The molecule has 0 unspecified atom stereocenters. The number of thioether (sulfide) groups is 1. The molecule has 2 nitrogen and oxygen atoms in total. The summed E-state index contributed by atoms with van der Waals surface area (Å²) in [5.41, 5.74) is 0. The molecule has 0 spiro atoms. The monoisotopic (exact) mass is 159 g/mol. The Morgan fingerprint density at radius 1 is 1.70 bits per heavy atom. The van der Waals surface area contributed by atoms with E-state index in [0.717, 1.165) is 31.7 Å². The van der Waals surface area contributed by atoms with Crippen LogP contribution in [-0.2, 0) is 4.79 Å². The van der Waals surface area contributed by atoms with Gasteiger partial charge in [0, 0.05) is 25.3 Å². The Kier molecular flexibility index (Phi) is 3.06. The second-order valence-electron chi connectivity index (χ2n) is 2.48. The molecule has 3 heteroatoms. The molecule has 0 aliphatic carbocycles. The first kappa shape index (κ1) is 7.92. The maximum absolute atomic E-state index is 11.0. The standard InChI is InChI=1S/C7H13NOS/c1-10-6-5-8-4-2-3-7(8)9/h2-6H2,1H3. The van der Waals surface area contributed by atoms with Gasteiger partial charge in [-0.15, -0.1) is 0 Å². The van der Waals surface area contributed by atoms with Gasteiger partial charge in [0.25, 0.3) is 0 Å². The van der Waals surface area contributed by atoms with Crippen LogP contribution in [0.5, 0.6) is 0 Å². The highest BCUT2D eigenvalue weighted by Crippen LogP contribution is 2.09. The molecule has 0 bridgehead atoms. The Bertz CT molecular complexity index is 127. The Labute approximate surface area is 66.0 Å². The SMILES string of the molecule is CSCCN1CCCC1=O. The van der Waals surface area contributed by atoms with E-state index >= 15 is 0 Å². The van der Waals surface area contributed by atoms with Gasteiger partial charge in [0.2, 0.25) is 5.91 Å². The highest BCUT2D eigenvalue weighted by molar-refractivity contribution is 7.98. The summed E-state index contributed by atoms with van der Waals surface area (Å²) in [7, 11) is 0. The highest BCUT2D eigenvalue weighted by atomic mass is 32.2. The Morgan fingerprint density at radius 2 is 2.50 bits per heavy atom. The average Bonchev–Trinajstić information content (AvgIpc) is 2.31. The van der Waals surface area contributed by atoms with E-state index in [-0.39, 0.29) is 0 Å². The fourth-order valence-corrected chi connectivity index (χ4v) is 1.54. The van der Waals surface area contributed by atoms with Crippen LogP contribution in [0.1, 0.15) is 12.8 Å². The van der Waals surface area contributed by atoms with Crippen molar-refractivity contribution in [2.75, 3.05) is 25.1 Å². The number of likely N-dealkylation sites (tertiary alicyclic amines) is 1. The van der Waals surface area contributed by atoms with Crippen LogP contribution in [0.3, 0.4) is 0 Å². The zero-order valence-electron chi connectivity index (χ0n) is 6.30. The van der Waals surface area contributed by atoms with Gasteiger partial charge in [-0.2, -0.15) is 11.8 Å². The van der Waals surface area contributed by atoms with Crippen molar-refractivity contribution >= 4 is 17.7 Å². The molecule has 0 atom stereocenters. The molecular weight excluding hydrogens is 146 g/mol. The molecule has 0 aromatic carbocycles. The summed E-state index contributed by atoms with van der Waals surface area (Å²) in [6.07, 6.45) is 3.90. The lowest BCUT2D eigenvalue weighted by Crippen LogP contribution is -2.26. The van der Waals surface area contributed by atoms with Crippen LogP contribution >= 0.6 is 11.8 Å². The predicted octanol–water partition coefficient (Wildman–Crippen LogP) is 0.972. The molecule has 0 aromatic rings. The molecule has 0 aromatic heterocycles. The number of amides is 1. The minimum Gasteiger partial charge on any atom is -0.342 e. The van der Waals surface area contributed by atoms with Gasteiger partial charge in [-0.1, -0.05) is 0 Å². The number of carbonyl (C=O) groups excluding carboxylic acids is 1. The first-order valence-corrected chi connectivity index (χ1v) is 5.00. The third-order valence-electron chi connectivity index (χ3n) is 1.74. The summed E-state index contributed by atoms with van der Waals surface area (Å²) in [4.78, 5) is 13.0. The van der Waals surface area contributed by atoms with Crippen LogP contribution in [0.4, 0.5) is 0 Å². The lowest BCUT2D eigenvalue weighted by atomic mass is 10.4. The summed E-state index contributed by atoms with van der Waals surface area (Å²) in [6.45, 7) is 1.93. The fraction of sp³-hybridized carbons (Fsp3) is 0.857. The maximum Gasteiger partial charge on any atom is 0.222 e. The smallest absolute Gasteiger partial charge is 0.222 e. The van der Waals surface area contributed by atoms with Crippen LogP contribution in [0.15, 0.2) is 0 Å². The zero-order chi connectivity index (χ0) is 7.40. The molecule has 0 N–H and O–H groups in total. The second-order valence-corrected chi connectivity index (χ2v) is 3.46. The van der Waals surface area contributed by atoms with Gasteiger partial charge < -0.3 is 4.90 Å². The highest BCUT2D eigenvalue weighted by Gasteiger charge is 2.18. The van der Waals surface area contributed by atoms with E-state index in [0.29, 0.717) is 5.91 Å². The average molecular weight is 159 g/mol. The van der Waals surface area contributed by atoms with Gasteiger partial charge >= 0.3 is 0 Å². The minimum atomic E-state index is 0.342. The van der Waals surface area contributed by atoms with E-state index < -0.39 is 0 Å². The Morgan fingerprint density at radius 3 is 3.00 bits per heavy atom. The van der Waals surface area contributed by atoms with E-state index in [1.165, 1.54) is 0 Å². The minimum absolute atomic E-state index is 0.342. The number of carbonyl (C=O) groups is 1. The van der Waals surface area contributed by atoms with E-state index in [9.17, 15) is 4.79 Å². The molecule has 1 heterocycles. The van der Waals surface area contributed by atoms with Gasteiger partial charge in [-0.05, 0) is 12.7 Å². The quantitative estimate of drug-likeness (QED) is 0.611. The van der Waals surface area contributed by atoms with Crippen molar-refractivity contribution in [1.29, 1.82) is 0 Å².